The van der Waals surface area contributed by atoms with Crippen molar-refractivity contribution in [1.82, 2.24) is 10.2 Å². The second-order valence-electron chi connectivity index (χ2n) is 5.60. The Balaban J connectivity index is 2.27. The number of piperidine rings is 1. The molecule has 96 valence electrons. The van der Waals surface area contributed by atoms with E-state index in [2.05, 4.69) is 37.9 Å². The van der Waals surface area contributed by atoms with E-state index in [1.807, 2.05) is 0 Å². The fourth-order valence-electron chi connectivity index (χ4n) is 2.60. The van der Waals surface area contributed by atoms with E-state index in [0.717, 1.165) is 17.9 Å². The van der Waals surface area contributed by atoms with Crippen LogP contribution in [0.2, 0.25) is 0 Å². The van der Waals surface area contributed by atoms with E-state index in [0.29, 0.717) is 0 Å². The van der Waals surface area contributed by atoms with Gasteiger partial charge in [-0.1, -0.05) is 34.1 Å². The van der Waals surface area contributed by atoms with Crippen LogP contribution in [0.3, 0.4) is 0 Å². The van der Waals surface area contributed by atoms with Crippen molar-refractivity contribution in [3.8, 4) is 0 Å². The number of hydrogen-bond donors (Lipinski definition) is 1. The normalized spacial score (nSPS) is 29.2. The molecule has 0 amide bonds. The zero-order chi connectivity index (χ0) is 12.0. The molecule has 0 spiro atoms. The minimum Gasteiger partial charge on any atom is -0.314 e. The number of hydrogen-bond acceptors (Lipinski definition) is 2. The summed E-state index contributed by atoms with van der Waals surface area (Å²) in [4.78, 5) is 2.66. The summed E-state index contributed by atoms with van der Waals surface area (Å²) >= 11 is 0. The third kappa shape index (κ3) is 4.42. The zero-order valence-electron chi connectivity index (χ0n) is 11.6. The van der Waals surface area contributed by atoms with Crippen molar-refractivity contribution >= 4 is 0 Å². The van der Waals surface area contributed by atoms with E-state index in [1.165, 1.54) is 45.4 Å². The fourth-order valence-corrected chi connectivity index (χ4v) is 2.60. The lowest BCUT2D eigenvalue weighted by atomic mass is 9.93. The molecule has 0 aromatic heterocycles. The second-order valence-corrected chi connectivity index (χ2v) is 5.60. The summed E-state index contributed by atoms with van der Waals surface area (Å²) in [6.07, 6.45) is 3.89. The van der Waals surface area contributed by atoms with E-state index < -0.39 is 0 Å². The van der Waals surface area contributed by atoms with E-state index in [4.69, 9.17) is 0 Å². The Kier molecular flexibility index (Phi) is 6.37. The van der Waals surface area contributed by atoms with Crippen LogP contribution in [-0.2, 0) is 0 Å². The highest BCUT2D eigenvalue weighted by atomic mass is 15.1. The quantitative estimate of drug-likeness (QED) is 0.749. The Bertz CT molecular complexity index is 182. The van der Waals surface area contributed by atoms with Crippen LogP contribution in [0.15, 0.2) is 0 Å². The van der Waals surface area contributed by atoms with Crippen molar-refractivity contribution in [2.45, 2.75) is 53.0 Å². The first kappa shape index (κ1) is 14.0. The minimum atomic E-state index is 0.758. The molecule has 0 aromatic rings. The molecule has 1 N–H and O–H groups in total. The molecule has 2 nitrogen and oxygen atoms in total. The third-order valence-corrected chi connectivity index (χ3v) is 3.91. The molecule has 1 aliphatic heterocycles. The third-order valence-electron chi connectivity index (χ3n) is 3.91. The lowest BCUT2D eigenvalue weighted by molar-refractivity contribution is 0.131. The average molecular weight is 226 g/mol. The van der Waals surface area contributed by atoms with E-state index in [-0.39, 0.29) is 0 Å². The predicted molar refractivity (Wildman–Crippen MR) is 71.8 cm³/mol. The molecule has 0 aromatic carbocycles. The summed E-state index contributed by atoms with van der Waals surface area (Å²) < 4.78 is 0. The van der Waals surface area contributed by atoms with Gasteiger partial charge >= 0.3 is 0 Å². The Labute approximate surface area is 102 Å². The smallest absolute Gasteiger partial charge is 0.0117 e. The summed E-state index contributed by atoms with van der Waals surface area (Å²) in [5.74, 6) is 1.66. The molecule has 16 heavy (non-hydrogen) atoms. The maximum atomic E-state index is 3.68. The number of likely N-dealkylation sites (tertiary alicyclic amines) is 1. The number of nitrogens with one attached hydrogen (secondary N) is 1. The Morgan fingerprint density at radius 1 is 1.38 bits per heavy atom. The summed E-state index contributed by atoms with van der Waals surface area (Å²) in [7, 11) is 0. The van der Waals surface area contributed by atoms with E-state index in [1.54, 1.807) is 0 Å². The van der Waals surface area contributed by atoms with Gasteiger partial charge in [-0.15, -0.1) is 0 Å². The average Bonchev–Trinajstić information content (AvgIpc) is 2.28. The molecule has 1 fully saturated rings. The largest absolute Gasteiger partial charge is 0.314 e. The van der Waals surface area contributed by atoms with Gasteiger partial charge in [-0.2, -0.15) is 0 Å². The molecule has 0 bridgehead atoms. The van der Waals surface area contributed by atoms with Crippen molar-refractivity contribution < 1.29 is 0 Å². The highest BCUT2D eigenvalue weighted by molar-refractivity contribution is 4.83. The second kappa shape index (κ2) is 7.29. The molecule has 3 unspecified atom stereocenters. The fraction of sp³-hybridized carbons (Fsp3) is 1.00. The topological polar surface area (TPSA) is 15.3 Å². The standard InChI is InChI=1S/C14H30N2/c1-5-8-15-14-7-9-16(11-13(14)4)10-12(3)6-2/h12-15H,5-11H2,1-4H3. The molecule has 1 aliphatic rings. The Morgan fingerprint density at radius 2 is 2.12 bits per heavy atom. The summed E-state index contributed by atoms with van der Waals surface area (Å²) in [6.45, 7) is 14.4. The molecule has 0 saturated carbocycles. The van der Waals surface area contributed by atoms with Crippen LogP contribution in [-0.4, -0.2) is 37.1 Å². The summed E-state index contributed by atoms with van der Waals surface area (Å²) in [5, 5.41) is 3.68. The van der Waals surface area contributed by atoms with Crippen LogP contribution in [0.5, 0.6) is 0 Å². The van der Waals surface area contributed by atoms with Crippen LogP contribution in [0.1, 0.15) is 47.0 Å². The molecule has 0 aliphatic carbocycles. The van der Waals surface area contributed by atoms with Crippen molar-refractivity contribution in [2.75, 3.05) is 26.2 Å². The van der Waals surface area contributed by atoms with Gasteiger partial charge in [-0.3, -0.25) is 0 Å². The van der Waals surface area contributed by atoms with Gasteiger partial charge in [0.15, 0.2) is 0 Å². The maximum Gasteiger partial charge on any atom is 0.0117 e. The first-order chi connectivity index (χ1) is 7.67. The van der Waals surface area contributed by atoms with Gasteiger partial charge in [0.25, 0.3) is 0 Å². The van der Waals surface area contributed by atoms with Crippen molar-refractivity contribution in [1.29, 1.82) is 0 Å². The number of rotatable bonds is 6. The lowest BCUT2D eigenvalue weighted by Gasteiger charge is -2.38. The maximum absolute atomic E-state index is 3.68. The van der Waals surface area contributed by atoms with Crippen LogP contribution >= 0.6 is 0 Å². The van der Waals surface area contributed by atoms with Crippen LogP contribution < -0.4 is 5.32 Å². The SMILES string of the molecule is CCCNC1CCN(CC(C)CC)CC1C. The number of nitrogens with zero attached hydrogens (tertiary/aromatic N) is 1. The Morgan fingerprint density at radius 3 is 2.69 bits per heavy atom. The van der Waals surface area contributed by atoms with E-state index >= 15 is 0 Å². The highest BCUT2D eigenvalue weighted by Crippen LogP contribution is 2.18. The van der Waals surface area contributed by atoms with Gasteiger partial charge < -0.3 is 10.2 Å². The monoisotopic (exact) mass is 226 g/mol. The molecule has 0 radical (unpaired) electrons. The van der Waals surface area contributed by atoms with Gasteiger partial charge in [0.05, 0.1) is 0 Å². The van der Waals surface area contributed by atoms with E-state index in [9.17, 15) is 0 Å². The van der Waals surface area contributed by atoms with Gasteiger partial charge in [0.2, 0.25) is 0 Å². The molecule has 1 heterocycles. The summed E-state index contributed by atoms with van der Waals surface area (Å²) in [5.41, 5.74) is 0. The van der Waals surface area contributed by atoms with Crippen molar-refractivity contribution in [3.05, 3.63) is 0 Å². The van der Waals surface area contributed by atoms with Crippen LogP contribution in [0.4, 0.5) is 0 Å². The first-order valence-corrected chi connectivity index (χ1v) is 7.13. The molecule has 2 heteroatoms. The molecular weight excluding hydrogens is 196 g/mol. The van der Waals surface area contributed by atoms with Crippen molar-refractivity contribution in [2.24, 2.45) is 11.8 Å². The molecular formula is C14H30N2. The van der Waals surface area contributed by atoms with Gasteiger partial charge in [0.1, 0.15) is 0 Å². The molecule has 1 saturated heterocycles. The van der Waals surface area contributed by atoms with Crippen molar-refractivity contribution in [3.63, 3.8) is 0 Å². The molecule has 1 rings (SSSR count). The van der Waals surface area contributed by atoms with Crippen LogP contribution in [0, 0.1) is 11.8 Å². The zero-order valence-corrected chi connectivity index (χ0v) is 11.6. The first-order valence-electron chi connectivity index (χ1n) is 7.13. The molecule has 3 atom stereocenters. The van der Waals surface area contributed by atoms with Gasteiger partial charge in [0, 0.05) is 19.1 Å². The lowest BCUT2D eigenvalue weighted by Crippen LogP contribution is -2.49. The Hall–Kier alpha value is -0.0800. The predicted octanol–water partition coefficient (Wildman–Crippen LogP) is 2.74. The van der Waals surface area contributed by atoms with Gasteiger partial charge in [-0.25, -0.2) is 0 Å². The minimum absolute atomic E-state index is 0.758. The van der Waals surface area contributed by atoms with Crippen LogP contribution in [0.25, 0.3) is 0 Å². The highest BCUT2D eigenvalue weighted by Gasteiger charge is 2.25. The van der Waals surface area contributed by atoms with Gasteiger partial charge in [-0.05, 0) is 37.8 Å². The summed E-state index contributed by atoms with van der Waals surface area (Å²) in [6, 6.07) is 0.758.